The number of piperidine rings is 1. The molecule has 2 N–H and O–H groups in total. The van der Waals surface area contributed by atoms with E-state index < -0.39 is 0 Å². The van der Waals surface area contributed by atoms with Crippen LogP contribution in [-0.4, -0.2) is 42.3 Å². The zero-order chi connectivity index (χ0) is 12.6. The number of hydrogen-bond acceptors (Lipinski definition) is 5. The van der Waals surface area contributed by atoms with Gasteiger partial charge in [0.25, 0.3) is 0 Å². The van der Waals surface area contributed by atoms with E-state index in [0.29, 0.717) is 12.1 Å². The number of nitrogens with one attached hydrogen (secondary N) is 2. The molecule has 0 spiro atoms. The van der Waals surface area contributed by atoms with Gasteiger partial charge in [-0.2, -0.15) is 0 Å². The Balaban J connectivity index is 1.54. The van der Waals surface area contributed by atoms with Gasteiger partial charge in [-0.05, 0) is 54.9 Å². The maximum atomic E-state index is 5.82. The van der Waals surface area contributed by atoms with Gasteiger partial charge in [-0.1, -0.05) is 0 Å². The van der Waals surface area contributed by atoms with Gasteiger partial charge in [-0.15, -0.1) is 0 Å². The van der Waals surface area contributed by atoms with Crippen LogP contribution in [0.5, 0.6) is 0 Å². The van der Waals surface area contributed by atoms with Crippen LogP contribution in [0.25, 0.3) is 0 Å². The molecule has 0 amide bonds. The number of ether oxygens (including phenoxy) is 1. The van der Waals surface area contributed by atoms with Gasteiger partial charge in [0.15, 0.2) is 0 Å². The topological polar surface area (TPSA) is 59.1 Å². The smallest absolute Gasteiger partial charge is 0.222 e. The third-order valence-corrected chi connectivity index (χ3v) is 3.42. The van der Waals surface area contributed by atoms with E-state index in [2.05, 4.69) is 43.2 Å². The van der Waals surface area contributed by atoms with Gasteiger partial charge in [0.05, 0.1) is 6.10 Å². The Bertz CT molecular complexity index is 340. The molecule has 0 aliphatic carbocycles. The summed E-state index contributed by atoms with van der Waals surface area (Å²) in [5.74, 6) is 0.692. The number of aromatic nitrogens is 2. The lowest BCUT2D eigenvalue weighted by Crippen LogP contribution is -2.32. The fourth-order valence-electron chi connectivity index (χ4n) is 1.89. The Labute approximate surface area is 121 Å². The zero-order valence-electron chi connectivity index (χ0n) is 10.4. The van der Waals surface area contributed by atoms with E-state index in [-0.39, 0.29) is 0 Å². The maximum absolute atomic E-state index is 5.82. The summed E-state index contributed by atoms with van der Waals surface area (Å²) in [5, 5.41) is 6.52. The quantitative estimate of drug-likeness (QED) is 0.596. The lowest BCUT2D eigenvalue weighted by atomic mass is 10.1. The number of hydrogen-bond donors (Lipinski definition) is 2. The molecule has 1 aliphatic rings. The monoisotopic (exact) mass is 362 g/mol. The second-order valence-electron chi connectivity index (χ2n) is 4.33. The molecule has 0 saturated carbocycles. The van der Waals surface area contributed by atoms with E-state index in [1.54, 1.807) is 12.4 Å². The van der Waals surface area contributed by atoms with Gasteiger partial charge in [0.1, 0.15) is 0 Å². The van der Waals surface area contributed by atoms with Gasteiger partial charge < -0.3 is 15.4 Å². The maximum Gasteiger partial charge on any atom is 0.222 e. The summed E-state index contributed by atoms with van der Waals surface area (Å²) in [5.41, 5.74) is 0. The zero-order valence-corrected chi connectivity index (χ0v) is 12.5. The molecule has 6 heteroatoms. The molecule has 0 bridgehead atoms. The van der Waals surface area contributed by atoms with Gasteiger partial charge >= 0.3 is 0 Å². The second kappa shape index (κ2) is 7.85. The first-order valence-electron chi connectivity index (χ1n) is 6.38. The number of nitrogens with zero attached hydrogens (tertiary/aromatic N) is 2. The minimum Gasteiger partial charge on any atom is -0.378 e. The average Bonchev–Trinajstić information content (AvgIpc) is 2.42. The second-order valence-corrected chi connectivity index (χ2v) is 5.57. The van der Waals surface area contributed by atoms with E-state index in [1.165, 1.54) is 0 Å². The lowest BCUT2D eigenvalue weighted by molar-refractivity contribution is 0.0329. The van der Waals surface area contributed by atoms with Crippen LogP contribution in [0.2, 0.25) is 0 Å². The standard InChI is InChI=1S/C12H19IN4O/c13-10-8-16-12(17-9-10)15-4-1-7-18-11-2-5-14-6-3-11/h8-9,11,14H,1-7H2,(H,15,16,17). The summed E-state index contributed by atoms with van der Waals surface area (Å²) in [6.45, 7) is 3.83. The number of anilines is 1. The Morgan fingerprint density at radius 3 is 2.78 bits per heavy atom. The number of halogens is 1. The predicted octanol–water partition coefficient (Wildman–Crippen LogP) is 1.65. The minimum atomic E-state index is 0.445. The average molecular weight is 362 g/mol. The van der Waals surface area contributed by atoms with Gasteiger partial charge in [0, 0.05) is 29.1 Å². The molecule has 2 heterocycles. The predicted molar refractivity (Wildman–Crippen MR) is 79.7 cm³/mol. The van der Waals surface area contributed by atoms with E-state index in [9.17, 15) is 0 Å². The van der Waals surface area contributed by atoms with Crippen molar-refractivity contribution in [2.45, 2.75) is 25.4 Å². The SMILES string of the molecule is Ic1cnc(NCCCOC2CCNCC2)nc1. The molecule has 1 aromatic rings. The highest BCUT2D eigenvalue weighted by Gasteiger charge is 2.12. The van der Waals surface area contributed by atoms with Crippen molar-refractivity contribution in [3.63, 3.8) is 0 Å². The molecular formula is C12H19IN4O. The van der Waals surface area contributed by atoms with Crippen molar-refractivity contribution in [3.8, 4) is 0 Å². The first-order valence-corrected chi connectivity index (χ1v) is 7.46. The van der Waals surface area contributed by atoms with Crippen molar-refractivity contribution in [1.29, 1.82) is 0 Å². The first-order chi connectivity index (χ1) is 8.84. The van der Waals surface area contributed by atoms with Crippen LogP contribution in [0, 0.1) is 3.57 Å². The normalized spacial score (nSPS) is 16.7. The molecule has 0 unspecified atom stereocenters. The Kier molecular flexibility index (Phi) is 6.09. The molecule has 1 aromatic heterocycles. The van der Waals surface area contributed by atoms with E-state index in [0.717, 1.165) is 49.1 Å². The Morgan fingerprint density at radius 1 is 1.33 bits per heavy atom. The summed E-state index contributed by atoms with van der Waals surface area (Å²) >= 11 is 2.19. The lowest BCUT2D eigenvalue weighted by Gasteiger charge is -2.22. The number of rotatable bonds is 6. The summed E-state index contributed by atoms with van der Waals surface area (Å²) in [6.07, 6.45) is 7.31. The van der Waals surface area contributed by atoms with Crippen molar-refractivity contribution in [3.05, 3.63) is 16.0 Å². The summed E-state index contributed by atoms with van der Waals surface area (Å²) in [6, 6.07) is 0. The van der Waals surface area contributed by atoms with Crippen LogP contribution in [0.4, 0.5) is 5.95 Å². The van der Waals surface area contributed by atoms with Crippen LogP contribution in [0.3, 0.4) is 0 Å². The van der Waals surface area contributed by atoms with Crippen LogP contribution in [0.15, 0.2) is 12.4 Å². The van der Waals surface area contributed by atoms with Crippen LogP contribution in [0.1, 0.15) is 19.3 Å². The van der Waals surface area contributed by atoms with Crippen LogP contribution < -0.4 is 10.6 Å². The van der Waals surface area contributed by atoms with E-state index >= 15 is 0 Å². The van der Waals surface area contributed by atoms with E-state index in [1.807, 2.05) is 0 Å². The van der Waals surface area contributed by atoms with E-state index in [4.69, 9.17) is 4.74 Å². The Hall–Kier alpha value is -0.470. The van der Waals surface area contributed by atoms with Crippen molar-refractivity contribution >= 4 is 28.5 Å². The highest BCUT2D eigenvalue weighted by Crippen LogP contribution is 2.07. The third kappa shape index (κ3) is 5.03. The summed E-state index contributed by atoms with van der Waals surface area (Å²) in [4.78, 5) is 8.37. The molecule has 1 fully saturated rings. The molecular weight excluding hydrogens is 343 g/mol. The highest BCUT2D eigenvalue weighted by atomic mass is 127. The largest absolute Gasteiger partial charge is 0.378 e. The van der Waals surface area contributed by atoms with Crippen molar-refractivity contribution in [2.75, 3.05) is 31.6 Å². The van der Waals surface area contributed by atoms with Crippen LogP contribution in [-0.2, 0) is 4.74 Å². The molecule has 1 aliphatic heterocycles. The fraction of sp³-hybridized carbons (Fsp3) is 0.667. The molecule has 1 saturated heterocycles. The molecule has 18 heavy (non-hydrogen) atoms. The fourth-order valence-corrected chi connectivity index (χ4v) is 2.17. The van der Waals surface area contributed by atoms with Crippen LogP contribution >= 0.6 is 22.6 Å². The minimum absolute atomic E-state index is 0.445. The van der Waals surface area contributed by atoms with Gasteiger partial charge in [0.2, 0.25) is 5.95 Å². The molecule has 100 valence electrons. The molecule has 5 nitrogen and oxygen atoms in total. The molecule has 0 radical (unpaired) electrons. The molecule has 2 rings (SSSR count). The van der Waals surface area contributed by atoms with Crippen molar-refractivity contribution in [1.82, 2.24) is 15.3 Å². The first kappa shape index (κ1) is 14.0. The molecule has 0 atom stereocenters. The van der Waals surface area contributed by atoms with Crippen molar-refractivity contribution < 1.29 is 4.74 Å². The van der Waals surface area contributed by atoms with Gasteiger partial charge in [-0.3, -0.25) is 0 Å². The molecule has 0 aromatic carbocycles. The van der Waals surface area contributed by atoms with Crippen molar-refractivity contribution in [2.24, 2.45) is 0 Å². The highest BCUT2D eigenvalue weighted by molar-refractivity contribution is 14.1. The third-order valence-electron chi connectivity index (χ3n) is 2.86. The Morgan fingerprint density at radius 2 is 2.06 bits per heavy atom. The summed E-state index contributed by atoms with van der Waals surface area (Å²) < 4.78 is 6.87. The summed E-state index contributed by atoms with van der Waals surface area (Å²) in [7, 11) is 0. The van der Waals surface area contributed by atoms with Gasteiger partial charge in [-0.25, -0.2) is 9.97 Å².